The van der Waals surface area contributed by atoms with Crippen LogP contribution in [0.3, 0.4) is 0 Å². The van der Waals surface area contributed by atoms with Crippen molar-refractivity contribution < 1.29 is 0 Å². The third-order valence-electron chi connectivity index (χ3n) is 1.91. The minimum absolute atomic E-state index is 0.0503. The van der Waals surface area contributed by atoms with E-state index in [2.05, 4.69) is 56.8 Å². The van der Waals surface area contributed by atoms with Gasteiger partial charge in [-0.25, -0.2) is 4.98 Å². The van der Waals surface area contributed by atoms with Crippen LogP contribution in [-0.4, -0.2) is 20.2 Å². The van der Waals surface area contributed by atoms with E-state index in [1.165, 1.54) is 0 Å². The van der Waals surface area contributed by atoms with Gasteiger partial charge in [-0.2, -0.15) is 0 Å². The van der Waals surface area contributed by atoms with E-state index < -0.39 is 0 Å². The summed E-state index contributed by atoms with van der Waals surface area (Å²) in [5, 5.41) is 6.02. The third-order valence-corrected chi connectivity index (χ3v) is 2.93. The number of aromatic nitrogens is 1. The number of halogens is 1. The van der Waals surface area contributed by atoms with E-state index in [4.69, 9.17) is 24.4 Å². The van der Waals surface area contributed by atoms with Crippen LogP contribution in [-0.2, 0) is 0 Å². The second-order valence-electron chi connectivity index (χ2n) is 3.10. The van der Waals surface area contributed by atoms with Crippen molar-refractivity contribution in [1.29, 1.82) is 0 Å². The molecule has 0 aromatic carbocycles. The lowest BCUT2D eigenvalue weighted by Crippen LogP contribution is -2.34. The molecule has 0 spiro atoms. The van der Waals surface area contributed by atoms with E-state index in [0.717, 1.165) is 10.2 Å². The molecule has 8 heteroatoms. The number of hydrogen-bond donors (Lipinski definition) is 4. The Morgan fingerprint density at radius 2 is 2.06 bits per heavy atom. The van der Waals surface area contributed by atoms with Crippen molar-refractivity contribution in [2.75, 3.05) is 6.54 Å². The minimum atomic E-state index is -0.0503. The van der Waals surface area contributed by atoms with Crippen LogP contribution in [0, 0.1) is 0 Å². The van der Waals surface area contributed by atoms with Crippen molar-refractivity contribution in [3.05, 3.63) is 28.5 Å². The van der Waals surface area contributed by atoms with Gasteiger partial charge in [-0.15, -0.1) is 25.3 Å². The smallest absolute Gasteiger partial charge is 0.131 e. The molecule has 0 saturated carbocycles. The number of pyridine rings is 1. The van der Waals surface area contributed by atoms with Crippen LogP contribution < -0.4 is 10.6 Å². The maximum Gasteiger partial charge on any atom is 0.131 e. The molecule has 0 aliphatic carbocycles. The van der Waals surface area contributed by atoms with Crippen molar-refractivity contribution in [2.24, 2.45) is 0 Å². The van der Waals surface area contributed by atoms with Crippen molar-refractivity contribution >= 4 is 74.3 Å². The fraction of sp³-hybridized carbons (Fsp3) is 0.222. The predicted octanol–water partition coefficient (Wildman–Crippen LogP) is 2.49. The van der Waals surface area contributed by atoms with Crippen molar-refractivity contribution in [2.45, 2.75) is 6.04 Å². The highest BCUT2D eigenvalue weighted by molar-refractivity contribution is 9.10. The number of nitrogens with zero attached hydrogens (tertiary/aromatic N) is 1. The molecule has 1 heterocycles. The summed E-state index contributed by atoms with van der Waals surface area (Å²) in [6.07, 6.45) is 1.76. The van der Waals surface area contributed by atoms with Gasteiger partial charge in [0.05, 0.1) is 6.04 Å². The van der Waals surface area contributed by atoms with Crippen LogP contribution in [0.1, 0.15) is 11.6 Å². The summed E-state index contributed by atoms with van der Waals surface area (Å²) in [6, 6.07) is 3.76. The van der Waals surface area contributed by atoms with Crippen LogP contribution >= 0.6 is 65.6 Å². The van der Waals surface area contributed by atoms with Gasteiger partial charge < -0.3 is 10.6 Å². The zero-order valence-corrected chi connectivity index (χ0v) is 13.6. The highest BCUT2D eigenvalue weighted by atomic mass is 79.9. The van der Waals surface area contributed by atoms with Crippen molar-refractivity contribution in [1.82, 2.24) is 15.6 Å². The Kier molecular flexibility index (Phi) is 6.71. The Morgan fingerprint density at radius 1 is 1.35 bits per heavy atom. The van der Waals surface area contributed by atoms with Gasteiger partial charge in [-0.1, -0.05) is 30.5 Å². The lowest BCUT2D eigenvalue weighted by atomic mass is 10.1. The second-order valence-corrected chi connectivity index (χ2v) is 6.23. The molecule has 17 heavy (non-hydrogen) atoms. The quantitative estimate of drug-likeness (QED) is 0.373. The standard InChI is InChI=1S/C9H10BrN3S4/c10-7-2-1-5(3-11-7)6(13-9(16)17)4-12-8(14)15/h1-3,6H,4H2,(H2,12,14,15)(H2,13,16,17). The second kappa shape index (κ2) is 7.52. The first-order valence-corrected chi connectivity index (χ1v) is 7.07. The number of rotatable bonds is 4. The first-order valence-electron chi connectivity index (χ1n) is 4.56. The molecule has 0 amide bonds. The zero-order chi connectivity index (χ0) is 12.8. The van der Waals surface area contributed by atoms with E-state index in [1.54, 1.807) is 6.20 Å². The molecule has 1 unspecified atom stereocenters. The Hall–Kier alpha value is 0.110. The molecule has 1 aromatic heterocycles. The zero-order valence-electron chi connectivity index (χ0n) is 8.55. The fourth-order valence-corrected chi connectivity index (χ4v) is 1.89. The maximum absolute atomic E-state index is 4.92. The van der Waals surface area contributed by atoms with Gasteiger partial charge in [0.25, 0.3) is 0 Å². The highest BCUT2D eigenvalue weighted by Gasteiger charge is 2.12. The summed E-state index contributed by atoms with van der Waals surface area (Å²) in [5.41, 5.74) is 0.988. The first-order chi connectivity index (χ1) is 7.99. The Bertz CT molecular complexity index is 409. The van der Waals surface area contributed by atoms with Crippen molar-refractivity contribution in [3.63, 3.8) is 0 Å². The summed E-state index contributed by atoms with van der Waals surface area (Å²) in [4.78, 5) is 4.16. The first kappa shape index (κ1) is 15.2. The molecule has 2 N–H and O–H groups in total. The Balaban J connectivity index is 2.77. The number of thiol groups is 2. The van der Waals surface area contributed by atoms with Gasteiger partial charge >= 0.3 is 0 Å². The molecule has 3 nitrogen and oxygen atoms in total. The van der Waals surface area contributed by atoms with E-state index >= 15 is 0 Å². The lowest BCUT2D eigenvalue weighted by Gasteiger charge is -2.19. The largest absolute Gasteiger partial charge is 0.369 e. The normalized spacial score (nSPS) is 11.7. The van der Waals surface area contributed by atoms with Gasteiger partial charge in [0, 0.05) is 12.7 Å². The molecule has 0 saturated heterocycles. The average Bonchev–Trinajstić information content (AvgIpc) is 2.25. The van der Waals surface area contributed by atoms with E-state index in [1.807, 2.05) is 12.1 Å². The monoisotopic (exact) mass is 367 g/mol. The molecule has 0 aliphatic heterocycles. The predicted molar refractivity (Wildman–Crippen MR) is 89.0 cm³/mol. The molecule has 1 aromatic rings. The van der Waals surface area contributed by atoms with E-state index in [9.17, 15) is 0 Å². The van der Waals surface area contributed by atoms with Crippen LogP contribution in [0.25, 0.3) is 0 Å². The molecule has 92 valence electrons. The van der Waals surface area contributed by atoms with Crippen LogP contribution in [0.2, 0.25) is 0 Å². The molecule has 0 aliphatic rings. The van der Waals surface area contributed by atoms with Crippen LogP contribution in [0.15, 0.2) is 22.9 Å². The van der Waals surface area contributed by atoms with Gasteiger partial charge in [0.2, 0.25) is 0 Å². The summed E-state index contributed by atoms with van der Waals surface area (Å²) in [5.74, 6) is 0. The molecule has 1 atom stereocenters. The SMILES string of the molecule is S=C(S)NCC(NC(=S)S)c1ccc(Br)nc1. The summed E-state index contributed by atoms with van der Waals surface area (Å²) in [7, 11) is 0. The van der Waals surface area contributed by atoms with E-state index in [0.29, 0.717) is 15.2 Å². The summed E-state index contributed by atoms with van der Waals surface area (Å²) in [6.45, 7) is 0.562. The van der Waals surface area contributed by atoms with Crippen LogP contribution in [0.5, 0.6) is 0 Å². The minimum Gasteiger partial charge on any atom is -0.369 e. The number of hydrogen-bond acceptors (Lipinski definition) is 3. The Labute approximate surface area is 130 Å². The molecule has 0 bridgehead atoms. The Morgan fingerprint density at radius 3 is 2.53 bits per heavy atom. The van der Waals surface area contributed by atoms with Crippen molar-refractivity contribution in [3.8, 4) is 0 Å². The fourth-order valence-electron chi connectivity index (χ4n) is 1.18. The van der Waals surface area contributed by atoms with Gasteiger partial charge in [-0.3, -0.25) is 0 Å². The van der Waals surface area contributed by atoms with Gasteiger partial charge in [0.1, 0.15) is 13.2 Å². The van der Waals surface area contributed by atoms with Gasteiger partial charge in [-0.05, 0) is 27.6 Å². The topological polar surface area (TPSA) is 37.0 Å². The third kappa shape index (κ3) is 6.01. The molecular weight excluding hydrogens is 358 g/mol. The molecular formula is C9H10BrN3S4. The maximum atomic E-state index is 4.92. The molecule has 0 fully saturated rings. The number of thiocarbonyl (C=S) groups is 2. The molecule has 1 rings (SSSR count). The molecule has 0 radical (unpaired) electrons. The van der Waals surface area contributed by atoms with Gasteiger partial charge in [0.15, 0.2) is 0 Å². The van der Waals surface area contributed by atoms with Crippen LogP contribution in [0.4, 0.5) is 0 Å². The summed E-state index contributed by atoms with van der Waals surface area (Å²) >= 11 is 21.1. The average molecular weight is 368 g/mol. The summed E-state index contributed by atoms with van der Waals surface area (Å²) < 4.78 is 1.64. The van der Waals surface area contributed by atoms with E-state index in [-0.39, 0.29) is 6.04 Å². The highest BCUT2D eigenvalue weighted by Crippen LogP contribution is 2.14. The lowest BCUT2D eigenvalue weighted by molar-refractivity contribution is 0.634. The number of nitrogens with one attached hydrogen (secondary N) is 2.